The molecule has 28 heavy (non-hydrogen) atoms. The number of aliphatic hydroxyl groups is 1. The minimum absolute atomic E-state index is 0.328. The number of thiazole rings is 1. The molecule has 2 N–H and O–H groups in total. The molecule has 7 heteroatoms. The average molecular weight is 405 g/mol. The van der Waals surface area contributed by atoms with Gasteiger partial charge >= 0.3 is 0 Å². The van der Waals surface area contributed by atoms with Gasteiger partial charge in [0.25, 0.3) is 0 Å². The van der Waals surface area contributed by atoms with Crippen molar-refractivity contribution in [3.63, 3.8) is 0 Å². The highest BCUT2D eigenvalue weighted by Gasteiger charge is 2.18. The van der Waals surface area contributed by atoms with Gasteiger partial charge in [-0.05, 0) is 24.2 Å². The number of aliphatic hydroxyl groups excluding tert-OH is 1. The van der Waals surface area contributed by atoms with Gasteiger partial charge in [-0.25, -0.2) is 4.98 Å². The summed E-state index contributed by atoms with van der Waals surface area (Å²) < 4.78 is 5.83. The summed E-state index contributed by atoms with van der Waals surface area (Å²) in [6.45, 7) is 10.2. The lowest BCUT2D eigenvalue weighted by atomic mass is 10.2. The number of nitrogens with zero attached hydrogens (tertiary/aromatic N) is 3. The maximum absolute atomic E-state index is 10.3. The molecule has 0 aliphatic carbocycles. The molecule has 1 atom stereocenters. The first-order valence-corrected chi connectivity index (χ1v) is 11.1. The summed E-state index contributed by atoms with van der Waals surface area (Å²) in [6.07, 6.45) is 0.478. The molecule has 1 saturated heterocycles. The van der Waals surface area contributed by atoms with Crippen molar-refractivity contribution < 1.29 is 9.84 Å². The fourth-order valence-electron chi connectivity index (χ4n) is 3.39. The molecule has 3 rings (SSSR count). The van der Waals surface area contributed by atoms with Crippen LogP contribution in [0.2, 0.25) is 0 Å². The second-order valence-corrected chi connectivity index (χ2v) is 7.97. The fourth-order valence-corrected chi connectivity index (χ4v) is 3.98. The Balaban J connectivity index is 1.34. The fraction of sp³-hybridized carbons (Fsp3) is 0.571. The molecule has 0 spiro atoms. The number of rotatable bonds is 11. The van der Waals surface area contributed by atoms with Gasteiger partial charge in [-0.2, -0.15) is 0 Å². The quantitative estimate of drug-likeness (QED) is 0.558. The second-order valence-electron chi connectivity index (χ2n) is 7.25. The van der Waals surface area contributed by atoms with Gasteiger partial charge in [-0.3, -0.25) is 4.90 Å². The van der Waals surface area contributed by atoms with Gasteiger partial charge < -0.3 is 20.1 Å². The summed E-state index contributed by atoms with van der Waals surface area (Å²) in [6, 6.07) is 8.09. The molecule has 0 saturated carbocycles. The largest absolute Gasteiger partial charge is 0.491 e. The van der Waals surface area contributed by atoms with Crippen molar-refractivity contribution in [3.8, 4) is 5.75 Å². The molecule has 0 unspecified atom stereocenters. The topological polar surface area (TPSA) is 60.9 Å². The predicted octanol–water partition coefficient (Wildman–Crippen LogP) is 1.85. The standard InChI is InChI=1S/C21H32N4O2S/c1-2-24-8-10-25(11-9-24)14-20(26)15-27-21-5-3-4-18(12-21)13-22-7-6-19-16-28-17-23-19/h3-5,12,16-17,20,22,26H,2,6-11,13-15H2,1H3/t20-/m1/s1. The van der Waals surface area contributed by atoms with Crippen molar-refractivity contribution >= 4 is 11.3 Å². The van der Waals surface area contributed by atoms with E-state index in [0.29, 0.717) is 13.2 Å². The van der Waals surface area contributed by atoms with Crippen LogP contribution in [0.4, 0.5) is 0 Å². The summed E-state index contributed by atoms with van der Waals surface area (Å²) in [5.74, 6) is 0.814. The van der Waals surface area contributed by atoms with E-state index >= 15 is 0 Å². The van der Waals surface area contributed by atoms with Crippen molar-refractivity contribution in [1.29, 1.82) is 0 Å². The SMILES string of the molecule is CCN1CCN(C[C@@H](O)COc2cccc(CNCCc3cscn3)c2)CC1. The van der Waals surface area contributed by atoms with E-state index in [4.69, 9.17) is 4.74 Å². The van der Waals surface area contributed by atoms with E-state index in [1.807, 2.05) is 23.7 Å². The monoisotopic (exact) mass is 404 g/mol. The molecular formula is C21H32N4O2S. The molecule has 0 radical (unpaired) electrons. The lowest BCUT2D eigenvalue weighted by molar-refractivity contribution is 0.0471. The van der Waals surface area contributed by atoms with Crippen LogP contribution in [0, 0.1) is 0 Å². The third kappa shape index (κ3) is 7.14. The molecule has 154 valence electrons. The van der Waals surface area contributed by atoms with E-state index in [1.165, 1.54) is 5.56 Å². The minimum Gasteiger partial charge on any atom is -0.491 e. The number of likely N-dealkylation sites (N-methyl/N-ethyl adjacent to an activating group) is 1. The van der Waals surface area contributed by atoms with Crippen LogP contribution in [-0.4, -0.2) is 78.4 Å². The Labute approximate surface area is 172 Å². The first-order chi connectivity index (χ1) is 13.7. The Morgan fingerprint density at radius 3 is 2.82 bits per heavy atom. The van der Waals surface area contributed by atoms with Gasteiger partial charge in [0.1, 0.15) is 18.5 Å². The Morgan fingerprint density at radius 1 is 1.25 bits per heavy atom. The van der Waals surface area contributed by atoms with Crippen LogP contribution in [0.5, 0.6) is 5.75 Å². The predicted molar refractivity (Wildman–Crippen MR) is 114 cm³/mol. The van der Waals surface area contributed by atoms with Crippen LogP contribution in [-0.2, 0) is 13.0 Å². The number of piperazine rings is 1. The number of hydrogen-bond acceptors (Lipinski definition) is 7. The highest BCUT2D eigenvalue weighted by Crippen LogP contribution is 2.14. The lowest BCUT2D eigenvalue weighted by Crippen LogP contribution is -2.49. The highest BCUT2D eigenvalue weighted by atomic mass is 32.1. The molecule has 1 aliphatic rings. The van der Waals surface area contributed by atoms with Crippen LogP contribution >= 0.6 is 11.3 Å². The molecular weight excluding hydrogens is 372 g/mol. The molecule has 2 aromatic rings. The molecule has 1 aromatic heterocycles. The zero-order valence-electron chi connectivity index (χ0n) is 16.7. The van der Waals surface area contributed by atoms with Crippen molar-refractivity contribution in [1.82, 2.24) is 20.1 Å². The summed E-state index contributed by atoms with van der Waals surface area (Å²) in [5, 5.41) is 15.9. The van der Waals surface area contributed by atoms with Gasteiger partial charge in [0.2, 0.25) is 0 Å². The van der Waals surface area contributed by atoms with Crippen molar-refractivity contribution in [3.05, 3.63) is 46.4 Å². The molecule has 6 nitrogen and oxygen atoms in total. The number of ether oxygens (including phenoxy) is 1. The summed E-state index contributed by atoms with van der Waals surface area (Å²) in [5.41, 5.74) is 4.19. The number of benzene rings is 1. The van der Waals surface area contributed by atoms with E-state index in [9.17, 15) is 5.11 Å². The maximum atomic E-state index is 10.3. The third-order valence-corrected chi connectivity index (χ3v) is 5.73. The van der Waals surface area contributed by atoms with Crippen molar-refractivity contribution in [2.75, 3.05) is 52.4 Å². The zero-order chi connectivity index (χ0) is 19.6. The van der Waals surface area contributed by atoms with Gasteiger partial charge in [-0.15, -0.1) is 11.3 Å². The maximum Gasteiger partial charge on any atom is 0.119 e. The first-order valence-electron chi connectivity index (χ1n) is 10.1. The van der Waals surface area contributed by atoms with Crippen LogP contribution in [0.15, 0.2) is 35.2 Å². The molecule has 1 aliphatic heterocycles. The molecule has 0 bridgehead atoms. The molecule has 0 amide bonds. The number of hydrogen-bond donors (Lipinski definition) is 2. The normalized spacial score (nSPS) is 16.9. The van der Waals surface area contributed by atoms with Gasteiger partial charge in [0.05, 0.1) is 11.2 Å². The summed E-state index contributed by atoms with van der Waals surface area (Å²) in [7, 11) is 0. The van der Waals surface area contributed by atoms with Crippen LogP contribution in [0.25, 0.3) is 0 Å². The first kappa shape index (κ1) is 21.2. The highest BCUT2D eigenvalue weighted by molar-refractivity contribution is 7.07. The van der Waals surface area contributed by atoms with Crippen LogP contribution in [0.3, 0.4) is 0 Å². The number of β-amino-alcohol motifs (C(OH)–C–C–N with tert-alkyl or cyclic N) is 1. The minimum atomic E-state index is -0.465. The van der Waals surface area contributed by atoms with E-state index in [0.717, 1.165) is 63.7 Å². The zero-order valence-corrected chi connectivity index (χ0v) is 17.5. The number of aromatic nitrogens is 1. The van der Waals surface area contributed by atoms with Gasteiger partial charge in [0.15, 0.2) is 0 Å². The summed E-state index contributed by atoms with van der Waals surface area (Å²) in [4.78, 5) is 9.06. The average Bonchev–Trinajstić information content (AvgIpc) is 3.24. The Kier molecular flexibility index (Phi) is 8.70. The molecule has 1 aromatic carbocycles. The van der Waals surface area contributed by atoms with Gasteiger partial charge in [0, 0.05) is 57.6 Å². The molecule has 2 heterocycles. The molecule has 1 fully saturated rings. The van der Waals surface area contributed by atoms with E-state index in [2.05, 4.69) is 38.5 Å². The summed E-state index contributed by atoms with van der Waals surface area (Å²) >= 11 is 1.63. The van der Waals surface area contributed by atoms with Crippen LogP contribution in [0.1, 0.15) is 18.2 Å². The Bertz CT molecular complexity index is 675. The lowest BCUT2D eigenvalue weighted by Gasteiger charge is -2.34. The number of nitrogens with one attached hydrogen (secondary N) is 1. The van der Waals surface area contributed by atoms with E-state index in [-0.39, 0.29) is 0 Å². The Hall–Kier alpha value is -1.51. The second kappa shape index (κ2) is 11.5. The van der Waals surface area contributed by atoms with Crippen molar-refractivity contribution in [2.24, 2.45) is 0 Å². The van der Waals surface area contributed by atoms with E-state index in [1.54, 1.807) is 11.3 Å². The Morgan fingerprint density at radius 2 is 2.07 bits per heavy atom. The van der Waals surface area contributed by atoms with Crippen LogP contribution < -0.4 is 10.1 Å². The van der Waals surface area contributed by atoms with Crippen molar-refractivity contribution in [2.45, 2.75) is 26.0 Å². The van der Waals surface area contributed by atoms with E-state index < -0.39 is 6.10 Å². The van der Waals surface area contributed by atoms with Gasteiger partial charge in [-0.1, -0.05) is 19.1 Å². The smallest absolute Gasteiger partial charge is 0.119 e. The third-order valence-electron chi connectivity index (χ3n) is 5.09.